The van der Waals surface area contributed by atoms with Gasteiger partial charge in [-0.25, -0.2) is 0 Å². The number of hydrogen-bond donors (Lipinski definition) is 0. The van der Waals surface area contributed by atoms with Gasteiger partial charge in [-0.2, -0.15) is 0 Å². The number of rotatable bonds is 5. The summed E-state index contributed by atoms with van der Waals surface area (Å²) in [6.07, 6.45) is 4.88. The molecule has 35 heavy (non-hydrogen) atoms. The lowest BCUT2D eigenvalue weighted by Crippen LogP contribution is -2.13. The molecule has 0 saturated heterocycles. The number of hydrogen-bond acceptors (Lipinski definition) is 0. The third-order valence-corrected chi connectivity index (χ3v) is 11.1. The summed E-state index contributed by atoms with van der Waals surface area (Å²) in [7, 11) is -0.416. The molecular formula is C34H33P. The maximum atomic E-state index is 2.48. The summed E-state index contributed by atoms with van der Waals surface area (Å²) in [5, 5.41) is 7.06. The van der Waals surface area contributed by atoms with Gasteiger partial charge in [-0.1, -0.05) is 138 Å². The van der Waals surface area contributed by atoms with E-state index in [0.717, 1.165) is 0 Å². The van der Waals surface area contributed by atoms with Crippen LogP contribution < -0.4 is 5.30 Å². The lowest BCUT2D eigenvalue weighted by Gasteiger charge is -2.34. The summed E-state index contributed by atoms with van der Waals surface area (Å²) < 4.78 is 0. The summed E-state index contributed by atoms with van der Waals surface area (Å²) in [5.74, 6) is 0. The molecule has 6 rings (SSSR count). The van der Waals surface area contributed by atoms with Crippen LogP contribution in [0.25, 0.3) is 32.7 Å². The van der Waals surface area contributed by atoms with Crippen LogP contribution in [0.1, 0.15) is 62.0 Å². The van der Waals surface area contributed by atoms with E-state index in [1.54, 1.807) is 16.4 Å². The topological polar surface area (TPSA) is 0 Å². The van der Waals surface area contributed by atoms with Crippen molar-refractivity contribution in [3.8, 4) is 11.1 Å². The van der Waals surface area contributed by atoms with Gasteiger partial charge in [0.15, 0.2) is 0 Å². The average molecular weight is 473 g/mol. The Labute approximate surface area is 210 Å². The average Bonchev–Trinajstić information content (AvgIpc) is 3.03. The highest BCUT2D eigenvalue weighted by Crippen LogP contribution is 2.68. The molecule has 0 unspecified atom stereocenters. The predicted molar refractivity (Wildman–Crippen MR) is 155 cm³/mol. The van der Waals surface area contributed by atoms with Crippen molar-refractivity contribution in [3.63, 3.8) is 0 Å². The van der Waals surface area contributed by atoms with Gasteiger partial charge in [-0.3, -0.25) is 0 Å². The van der Waals surface area contributed by atoms with E-state index in [0.29, 0.717) is 11.3 Å². The maximum Gasteiger partial charge on any atom is 0.00937 e. The monoisotopic (exact) mass is 472 g/mol. The summed E-state index contributed by atoms with van der Waals surface area (Å²) in [6.45, 7) is 4.73. The molecule has 0 aromatic heterocycles. The van der Waals surface area contributed by atoms with Crippen LogP contribution in [0, 0.1) is 0 Å². The van der Waals surface area contributed by atoms with Gasteiger partial charge in [0.05, 0.1) is 0 Å². The third-order valence-electron chi connectivity index (χ3n) is 7.74. The van der Waals surface area contributed by atoms with Gasteiger partial charge in [0, 0.05) is 11.3 Å². The van der Waals surface area contributed by atoms with E-state index in [2.05, 4.69) is 117 Å². The smallest absolute Gasteiger partial charge is 0.00937 e. The molecule has 5 aromatic carbocycles. The summed E-state index contributed by atoms with van der Waals surface area (Å²) in [4.78, 5) is 0. The standard InChI is InChI=1S/C34H33P/c1-3-12-31-29-22-20-24-14-8-10-18-27(24)33(29)34-28-19-11-9-15-25(28)21-23-30(34)32(13-4-2)35(31)26-16-6-5-7-17-26/h5-11,14-23,31-32H,3-4,12-13H2,1-2H3/t31-,32-/m0/s1. The Hall–Kier alpha value is -2.95. The number of benzene rings is 5. The molecule has 0 fully saturated rings. The molecule has 0 saturated carbocycles. The Kier molecular flexibility index (Phi) is 6.17. The van der Waals surface area contributed by atoms with Gasteiger partial charge in [-0.05, 0) is 61.9 Å². The van der Waals surface area contributed by atoms with E-state index in [9.17, 15) is 0 Å². The zero-order valence-corrected chi connectivity index (χ0v) is 21.6. The zero-order valence-electron chi connectivity index (χ0n) is 20.7. The summed E-state index contributed by atoms with van der Waals surface area (Å²) in [6, 6.07) is 39.3. The van der Waals surface area contributed by atoms with Gasteiger partial charge in [0.2, 0.25) is 0 Å². The fourth-order valence-electron chi connectivity index (χ4n) is 6.30. The van der Waals surface area contributed by atoms with Gasteiger partial charge < -0.3 is 0 Å². The molecule has 1 heterocycles. The second-order valence-corrected chi connectivity index (χ2v) is 12.4. The zero-order chi connectivity index (χ0) is 23.8. The molecule has 1 aliphatic heterocycles. The second-order valence-electron chi connectivity index (χ2n) is 9.85. The van der Waals surface area contributed by atoms with Gasteiger partial charge in [-0.15, -0.1) is 0 Å². The minimum absolute atomic E-state index is 0.416. The molecule has 0 N–H and O–H groups in total. The van der Waals surface area contributed by atoms with E-state index in [1.165, 1.54) is 58.4 Å². The lowest BCUT2D eigenvalue weighted by molar-refractivity contribution is 0.737. The first kappa shape index (κ1) is 22.5. The quantitative estimate of drug-likeness (QED) is 0.223. The van der Waals surface area contributed by atoms with Crippen molar-refractivity contribution in [1.82, 2.24) is 0 Å². The molecule has 174 valence electrons. The van der Waals surface area contributed by atoms with Crippen LogP contribution in [-0.4, -0.2) is 0 Å². The molecule has 0 radical (unpaired) electrons. The Morgan fingerprint density at radius 3 is 1.46 bits per heavy atom. The largest absolute Gasteiger partial charge is 0.0653 e. The molecule has 0 amide bonds. The fraction of sp³-hybridized carbons (Fsp3) is 0.235. The van der Waals surface area contributed by atoms with Crippen LogP contribution >= 0.6 is 7.92 Å². The first-order valence-corrected chi connectivity index (χ1v) is 14.7. The molecule has 0 spiro atoms. The lowest BCUT2D eigenvalue weighted by atomic mass is 9.84. The van der Waals surface area contributed by atoms with E-state index in [4.69, 9.17) is 0 Å². The van der Waals surface area contributed by atoms with Crippen molar-refractivity contribution >= 4 is 34.8 Å². The van der Waals surface area contributed by atoms with Crippen LogP contribution in [0.5, 0.6) is 0 Å². The Morgan fingerprint density at radius 1 is 0.514 bits per heavy atom. The fourth-order valence-corrected chi connectivity index (χ4v) is 10.1. The van der Waals surface area contributed by atoms with E-state index in [1.807, 2.05) is 0 Å². The number of fused-ring (bicyclic) bond motifs is 7. The highest BCUT2D eigenvalue weighted by atomic mass is 31.1. The molecule has 0 bridgehead atoms. The summed E-state index contributed by atoms with van der Waals surface area (Å²) in [5.41, 5.74) is 7.23. The van der Waals surface area contributed by atoms with Crippen LogP contribution in [0.4, 0.5) is 0 Å². The molecule has 0 aliphatic carbocycles. The van der Waals surface area contributed by atoms with E-state index in [-0.39, 0.29) is 0 Å². The van der Waals surface area contributed by atoms with Crippen LogP contribution in [0.3, 0.4) is 0 Å². The molecule has 2 atom stereocenters. The molecule has 1 heteroatoms. The Balaban J connectivity index is 1.79. The highest BCUT2D eigenvalue weighted by molar-refractivity contribution is 7.66. The third kappa shape index (κ3) is 3.80. The molecule has 0 nitrogen and oxygen atoms in total. The molecule has 5 aromatic rings. The highest BCUT2D eigenvalue weighted by Gasteiger charge is 2.38. The molecular weight excluding hydrogens is 439 g/mol. The Bertz CT molecular complexity index is 1390. The normalized spacial score (nSPS) is 17.8. The van der Waals surface area contributed by atoms with Gasteiger partial charge in [0.25, 0.3) is 0 Å². The SMILES string of the molecule is CCC[C@H]1c2ccc3ccccc3c2-c2c(ccc3ccccc23)[C@H](CCC)P1c1ccccc1. The van der Waals surface area contributed by atoms with Crippen LogP contribution in [0.2, 0.25) is 0 Å². The maximum absolute atomic E-state index is 2.48. The minimum atomic E-state index is -0.416. The van der Waals surface area contributed by atoms with Crippen molar-refractivity contribution in [3.05, 3.63) is 114 Å². The molecule has 1 aliphatic rings. The van der Waals surface area contributed by atoms with Crippen molar-refractivity contribution in [1.29, 1.82) is 0 Å². The van der Waals surface area contributed by atoms with Crippen molar-refractivity contribution < 1.29 is 0 Å². The first-order chi connectivity index (χ1) is 17.3. The van der Waals surface area contributed by atoms with E-state index >= 15 is 0 Å². The van der Waals surface area contributed by atoms with Gasteiger partial charge >= 0.3 is 0 Å². The Morgan fingerprint density at radius 2 is 0.971 bits per heavy atom. The second kappa shape index (κ2) is 9.60. The van der Waals surface area contributed by atoms with Crippen LogP contribution in [0.15, 0.2) is 103 Å². The summed E-state index contributed by atoms with van der Waals surface area (Å²) >= 11 is 0. The van der Waals surface area contributed by atoms with Crippen LogP contribution in [-0.2, 0) is 0 Å². The predicted octanol–water partition coefficient (Wildman–Crippen LogP) is 10.2. The van der Waals surface area contributed by atoms with Crippen molar-refractivity contribution in [2.45, 2.75) is 50.8 Å². The van der Waals surface area contributed by atoms with Crippen molar-refractivity contribution in [2.24, 2.45) is 0 Å². The first-order valence-electron chi connectivity index (χ1n) is 13.2. The van der Waals surface area contributed by atoms with Crippen molar-refractivity contribution in [2.75, 3.05) is 0 Å². The van der Waals surface area contributed by atoms with E-state index < -0.39 is 7.92 Å². The minimum Gasteiger partial charge on any atom is -0.0653 e. The van der Waals surface area contributed by atoms with Gasteiger partial charge in [0.1, 0.15) is 0 Å².